The maximum Gasteiger partial charge on any atom is 0.225 e. The van der Waals surface area contributed by atoms with Gasteiger partial charge in [0.15, 0.2) is 0 Å². The van der Waals surface area contributed by atoms with Crippen LogP contribution in [0.4, 0.5) is 4.39 Å². The van der Waals surface area contributed by atoms with E-state index in [0.717, 1.165) is 24.8 Å². The highest BCUT2D eigenvalue weighted by atomic mass is 19.1. The third-order valence-electron chi connectivity index (χ3n) is 5.22. The molecule has 1 N–H and O–H groups in total. The van der Waals surface area contributed by atoms with Crippen LogP contribution in [0.25, 0.3) is 0 Å². The van der Waals surface area contributed by atoms with Gasteiger partial charge in [0.2, 0.25) is 5.91 Å². The maximum atomic E-state index is 13.2. The van der Waals surface area contributed by atoms with Gasteiger partial charge in [0.1, 0.15) is 5.82 Å². The Balaban J connectivity index is 1.72. The molecule has 2 aliphatic heterocycles. The fourth-order valence-electron chi connectivity index (χ4n) is 3.60. The first kappa shape index (κ1) is 16.4. The van der Waals surface area contributed by atoms with E-state index in [1.807, 2.05) is 19.1 Å². The molecule has 1 aromatic carbocycles. The monoisotopic (exact) mass is 321 g/mol. The number of halogens is 1. The first-order valence-electron chi connectivity index (χ1n) is 8.34. The van der Waals surface area contributed by atoms with Gasteiger partial charge in [0.05, 0.1) is 12.0 Å². The minimum absolute atomic E-state index is 0.0218. The molecule has 23 heavy (non-hydrogen) atoms. The number of benzene rings is 1. The van der Waals surface area contributed by atoms with Gasteiger partial charge in [0, 0.05) is 31.8 Å². The Morgan fingerprint density at radius 1 is 1.26 bits per heavy atom. The number of rotatable bonds is 4. The SMILES string of the molecule is C[C@@H]1OCC[C@@H]1C(=O)NCC1(c2ccc(F)cc2)CCOCC1. The van der Waals surface area contributed by atoms with E-state index >= 15 is 0 Å². The average molecular weight is 321 g/mol. The molecule has 2 aliphatic rings. The lowest BCUT2D eigenvalue weighted by atomic mass is 9.74. The van der Waals surface area contributed by atoms with E-state index in [0.29, 0.717) is 26.4 Å². The van der Waals surface area contributed by atoms with E-state index in [9.17, 15) is 9.18 Å². The Morgan fingerprint density at radius 2 is 1.96 bits per heavy atom. The Kier molecular flexibility index (Phi) is 4.97. The standard InChI is InChI=1S/C18H24FNO3/c1-13-16(6-9-23-13)17(21)20-12-18(7-10-22-11-8-18)14-2-4-15(19)5-3-14/h2-5,13,16H,6-12H2,1H3,(H,20,21)/t13-,16-/m0/s1. The highest BCUT2D eigenvalue weighted by Gasteiger charge is 2.37. The molecule has 3 rings (SSSR count). The summed E-state index contributed by atoms with van der Waals surface area (Å²) in [6.45, 7) is 4.48. The smallest absolute Gasteiger partial charge is 0.225 e. The summed E-state index contributed by atoms with van der Waals surface area (Å²) in [5.41, 5.74) is 0.892. The zero-order chi connectivity index (χ0) is 16.3. The molecule has 1 aromatic rings. The van der Waals surface area contributed by atoms with Crippen LogP contribution >= 0.6 is 0 Å². The second-order valence-electron chi connectivity index (χ2n) is 6.59. The normalized spacial score (nSPS) is 26.9. The van der Waals surface area contributed by atoms with Crippen molar-refractivity contribution in [3.05, 3.63) is 35.6 Å². The molecule has 0 saturated carbocycles. The van der Waals surface area contributed by atoms with E-state index in [1.165, 1.54) is 12.1 Å². The van der Waals surface area contributed by atoms with Crippen molar-refractivity contribution < 1.29 is 18.7 Å². The topological polar surface area (TPSA) is 47.6 Å². The minimum Gasteiger partial charge on any atom is -0.381 e. The molecule has 0 radical (unpaired) electrons. The third kappa shape index (κ3) is 3.56. The molecule has 0 spiro atoms. The highest BCUT2D eigenvalue weighted by molar-refractivity contribution is 5.79. The molecule has 2 fully saturated rings. The summed E-state index contributed by atoms with van der Waals surface area (Å²) in [5.74, 6) is -0.250. The van der Waals surface area contributed by atoms with E-state index in [1.54, 1.807) is 0 Å². The number of hydrogen-bond donors (Lipinski definition) is 1. The summed E-state index contributed by atoms with van der Waals surface area (Å²) in [7, 11) is 0. The lowest BCUT2D eigenvalue weighted by Crippen LogP contribution is -2.46. The Labute approximate surface area is 136 Å². The summed E-state index contributed by atoms with van der Waals surface area (Å²) >= 11 is 0. The van der Waals surface area contributed by atoms with Gasteiger partial charge in [-0.15, -0.1) is 0 Å². The van der Waals surface area contributed by atoms with Gasteiger partial charge in [-0.2, -0.15) is 0 Å². The average Bonchev–Trinajstić information content (AvgIpc) is 3.00. The predicted molar refractivity (Wildman–Crippen MR) is 84.7 cm³/mol. The molecule has 1 amide bonds. The third-order valence-corrected chi connectivity index (χ3v) is 5.22. The lowest BCUT2D eigenvalue weighted by Gasteiger charge is -2.38. The van der Waals surface area contributed by atoms with Crippen molar-refractivity contribution in [2.24, 2.45) is 5.92 Å². The Morgan fingerprint density at radius 3 is 2.57 bits per heavy atom. The molecule has 2 saturated heterocycles. The number of hydrogen-bond acceptors (Lipinski definition) is 3. The largest absolute Gasteiger partial charge is 0.381 e. The zero-order valence-electron chi connectivity index (χ0n) is 13.5. The van der Waals surface area contributed by atoms with Crippen LogP contribution in [0.1, 0.15) is 31.7 Å². The van der Waals surface area contributed by atoms with Crippen LogP contribution in [0.5, 0.6) is 0 Å². The van der Waals surface area contributed by atoms with Gasteiger partial charge in [-0.3, -0.25) is 4.79 Å². The second kappa shape index (κ2) is 6.97. The van der Waals surface area contributed by atoms with Crippen molar-refractivity contribution in [2.45, 2.75) is 37.7 Å². The summed E-state index contributed by atoms with van der Waals surface area (Å²) in [6.07, 6.45) is 2.41. The Bertz CT molecular complexity index is 540. The van der Waals surface area contributed by atoms with Crippen molar-refractivity contribution in [3.63, 3.8) is 0 Å². The number of nitrogens with one attached hydrogen (secondary N) is 1. The van der Waals surface area contributed by atoms with E-state index in [-0.39, 0.29) is 29.2 Å². The molecular weight excluding hydrogens is 297 g/mol. The molecule has 2 atom stereocenters. The fourth-order valence-corrected chi connectivity index (χ4v) is 3.60. The van der Waals surface area contributed by atoms with Crippen molar-refractivity contribution in [3.8, 4) is 0 Å². The maximum absolute atomic E-state index is 13.2. The first-order valence-corrected chi connectivity index (χ1v) is 8.34. The van der Waals surface area contributed by atoms with E-state index in [4.69, 9.17) is 9.47 Å². The number of carbonyl (C=O) groups is 1. The summed E-state index contributed by atoms with van der Waals surface area (Å²) in [5, 5.41) is 3.11. The van der Waals surface area contributed by atoms with Crippen LogP contribution < -0.4 is 5.32 Å². The second-order valence-corrected chi connectivity index (χ2v) is 6.59. The number of amides is 1. The highest BCUT2D eigenvalue weighted by Crippen LogP contribution is 2.34. The van der Waals surface area contributed by atoms with Crippen molar-refractivity contribution in [2.75, 3.05) is 26.4 Å². The molecule has 0 unspecified atom stereocenters. The quantitative estimate of drug-likeness (QED) is 0.926. The summed E-state index contributed by atoms with van der Waals surface area (Å²) < 4.78 is 24.2. The van der Waals surface area contributed by atoms with Gasteiger partial charge in [-0.25, -0.2) is 4.39 Å². The summed E-state index contributed by atoms with van der Waals surface area (Å²) in [6, 6.07) is 6.63. The number of carbonyl (C=O) groups excluding carboxylic acids is 1. The van der Waals surface area contributed by atoms with Gasteiger partial charge >= 0.3 is 0 Å². The van der Waals surface area contributed by atoms with Gasteiger partial charge in [-0.05, 0) is 43.9 Å². The molecule has 5 heteroatoms. The van der Waals surface area contributed by atoms with Gasteiger partial charge in [-0.1, -0.05) is 12.1 Å². The molecule has 0 bridgehead atoms. The molecule has 4 nitrogen and oxygen atoms in total. The molecule has 126 valence electrons. The van der Waals surface area contributed by atoms with Gasteiger partial charge < -0.3 is 14.8 Å². The van der Waals surface area contributed by atoms with E-state index < -0.39 is 0 Å². The lowest BCUT2D eigenvalue weighted by molar-refractivity contribution is -0.126. The first-order chi connectivity index (χ1) is 11.1. The minimum atomic E-state index is -0.239. The van der Waals surface area contributed by atoms with Crippen LogP contribution in [0.2, 0.25) is 0 Å². The Hall–Kier alpha value is -1.46. The van der Waals surface area contributed by atoms with Crippen LogP contribution in [-0.4, -0.2) is 38.4 Å². The van der Waals surface area contributed by atoms with Crippen LogP contribution in [0.3, 0.4) is 0 Å². The zero-order valence-corrected chi connectivity index (χ0v) is 13.5. The summed E-state index contributed by atoms with van der Waals surface area (Å²) in [4.78, 5) is 12.4. The predicted octanol–water partition coefficient (Wildman–Crippen LogP) is 2.42. The molecule has 2 heterocycles. The molecular formula is C18H24FNO3. The number of ether oxygens (including phenoxy) is 2. The fraction of sp³-hybridized carbons (Fsp3) is 0.611. The van der Waals surface area contributed by atoms with Crippen molar-refractivity contribution >= 4 is 5.91 Å². The van der Waals surface area contributed by atoms with Crippen LogP contribution in [-0.2, 0) is 19.7 Å². The molecule has 0 aromatic heterocycles. The van der Waals surface area contributed by atoms with Crippen LogP contribution in [0, 0.1) is 11.7 Å². The van der Waals surface area contributed by atoms with E-state index in [2.05, 4.69) is 5.32 Å². The van der Waals surface area contributed by atoms with Crippen LogP contribution in [0.15, 0.2) is 24.3 Å². The van der Waals surface area contributed by atoms with Crippen molar-refractivity contribution in [1.82, 2.24) is 5.32 Å². The van der Waals surface area contributed by atoms with Gasteiger partial charge in [0.25, 0.3) is 0 Å². The molecule has 0 aliphatic carbocycles. The van der Waals surface area contributed by atoms with Crippen molar-refractivity contribution in [1.29, 1.82) is 0 Å².